The maximum atomic E-state index is 13.7. The smallest absolute Gasteiger partial charge is 0.335 e. The van der Waals surface area contributed by atoms with Gasteiger partial charge in [-0.25, -0.2) is 13.6 Å². The van der Waals surface area contributed by atoms with Crippen LogP contribution in [0, 0.1) is 11.6 Å². The molecule has 0 amide bonds. The van der Waals surface area contributed by atoms with Gasteiger partial charge in [-0.05, 0) is 34.1 Å². The number of carboxylic acids is 1. The fourth-order valence-corrected chi connectivity index (χ4v) is 2.32. The quantitative estimate of drug-likeness (QED) is 0.789. The Morgan fingerprint density at radius 2 is 1.95 bits per heavy atom. The average molecular weight is 378 g/mol. The van der Waals surface area contributed by atoms with E-state index in [1.54, 1.807) is 0 Å². The number of halogens is 4. The van der Waals surface area contributed by atoms with Crippen LogP contribution in [0.4, 0.5) is 8.78 Å². The minimum Gasteiger partial charge on any atom is -0.488 e. The topological polar surface area (TPSA) is 46.5 Å². The van der Waals surface area contributed by atoms with Gasteiger partial charge in [0.2, 0.25) is 0 Å². The molecule has 0 unspecified atom stereocenters. The Morgan fingerprint density at radius 3 is 2.57 bits per heavy atom. The maximum Gasteiger partial charge on any atom is 0.335 e. The molecule has 3 nitrogen and oxygen atoms in total. The van der Waals surface area contributed by atoms with Crippen molar-refractivity contribution in [2.75, 3.05) is 0 Å². The van der Waals surface area contributed by atoms with Gasteiger partial charge < -0.3 is 9.84 Å². The average Bonchev–Trinajstić information content (AvgIpc) is 2.42. The monoisotopic (exact) mass is 376 g/mol. The van der Waals surface area contributed by atoms with Crippen LogP contribution >= 0.6 is 27.5 Å². The van der Waals surface area contributed by atoms with Gasteiger partial charge in [0.1, 0.15) is 24.0 Å². The van der Waals surface area contributed by atoms with E-state index in [9.17, 15) is 13.6 Å². The lowest BCUT2D eigenvalue weighted by molar-refractivity contribution is 0.0696. The lowest BCUT2D eigenvalue weighted by Gasteiger charge is -2.10. The molecule has 0 saturated heterocycles. The Kier molecular flexibility index (Phi) is 4.80. The van der Waals surface area contributed by atoms with Gasteiger partial charge in [0.05, 0.1) is 15.1 Å². The second-order valence-electron chi connectivity index (χ2n) is 4.10. The molecule has 0 spiro atoms. The molecule has 0 aromatic heterocycles. The molecular formula is C14H8BrClF2O3. The SMILES string of the molecule is O=C(O)c1ccc(COc2cc(F)c(Cl)cc2Br)c(F)c1. The predicted octanol–water partition coefficient (Wildman–Crippen LogP) is 4.66. The molecule has 0 atom stereocenters. The summed E-state index contributed by atoms with van der Waals surface area (Å²) in [6, 6.07) is 5.88. The number of carboxylic acid groups (broad SMARTS) is 1. The molecule has 0 heterocycles. The highest BCUT2D eigenvalue weighted by Gasteiger charge is 2.11. The van der Waals surface area contributed by atoms with Crippen LogP contribution in [-0.4, -0.2) is 11.1 Å². The van der Waals surface area contributed by atoms with Crippen LogP contribution < -0.4 is 4.74 Å². The van der Waals surface area contributed by atoms with E-state index < -0.39 is 17.6 Å². The first-order chi connectivity index (χ1) is 9.88. The van der Waals surface area contributed by atoms with Crippen LogP contribution in [0.3, 0.4) is 0 Å². The third kappa shape index (κ3) is 3.71. The van der Waals surface area contributed by atoms with Gasteiger partial charge in [-0.2, -0.15) is 0 Å². The van der Waals surface area contributed by atoms with Crippen molar-refractivity contribution in [3.8, 4) is 5.75 Å². The van der Waals surface area contributed by atoms with Crippen molar-refractivity contribution >= 4 is 33.5 Å². The number of rotatable bonds is 4. The molecular weight excluding hydrogens is 370 g/mol. The van der Waals surface area contributed by atoms with Crippen LogP contribution in [-0.2, 0) is 6.61 Å². The van der Waals surface area contributed by atoms with Gasteiger partial charge in [0, 0.05) is 11.6 Å². The van der Waals surface area contributed by atoms with Gasteiger partial charge in [-0.3, -0.25) is 0 Å². The summed E-state index contributed by atoms with van der Waals surface area (Å²) in [6.07, 6.45) is 0. The molecule has 2 aromatic carbocycles. The molecule has 0 fully saturated rings. The first-order valence-corrected chi connectivity index (χ1v) is 6.84. The van der Waals surface area contributed by atoms with E-state index in [1.807, 2.05) is 0 Å². The maximum absolute atomic E-state index is 13.7. The highest BCUT2D eigenvalue weighted by molar-refractivity contribution is 9.10. The van der Waals surface area contributed by atoms with E-state index >= 15 is 0 Å². The molecule has 0 radical (unpaired) electrons. The van der Waals surface area contributed by atoms with Crippen LogP contribution in [0.1, 0.15) is 15.9 Å². The number of hydrogen-bond acceptors (Lipinski definition) is 2. The molecule has 1 N–H and O–H groups in total. The Hall–Kier alpha value is -1.66. The minimum absolute atomic E-state index is 0.0637. The van der Waals surface area contributed by atoms with Crippen molar-refractivity contribution in [1.29, 1.82) is 0 Å². The third-order valence-corrected chi connectivity index (χ3v) is 3.57. The zero-order valence-corrected chi connectivity index (χ0v) is 12.7. The van der Waals surface area contributed by atoms with Crippen molar-refractivity contribution in [1.82, 2.24) is 0 Å². The van der Waals surface area contributed by atoms with Crippen LogP contribution in [0.15, 0.2) is 34.8 Å². The first kappa shape index (κ1) is 15.7. The Bertz CT molecular complexity index is 707. The molecule has 2 rings (SSSR count). The van der Waals surface area contributed by atoms with Crippen molar-refractivity contribution in [2.24, 2.45) is 0 Å². The Labute approximate surface area is 132 Å². The van der Waals surface area contributed by atoms with E-state index in [1.165, 1.54) is 18.2 Å². The molecule has 0 aliphatic rings. The zero-order valence-electron chi connectivity index (χ0n) is 10.4. The fourth-order valence-electron chi connectivity index (χ4n) is 1.57. The number of benzene rings is 2. The highest BCUT2D eigenvalue weighted by atomic mass is 79.9. The van der Waals surface area contributed by atoms with E-state index in [2.05, 4.69) is 15.9 Å². The number of hydrogen-bond donors (Lipinski definition) is 1. The van der Waals surface area contributed by atoms with E-state index in [-0.39, 0.29) is 28.5 Å². The van der Waals surface area contributed by atoms with Crippen LogP contribution in [0.2, 0.25) is 5.02 Å². The van der Waals surface area contributed by atoms with Gasteiger partial charge in [-0.1, -0.05) is 17.7 Å². The lowest BCUT2D eigenvalue weighted by atomic mass is 10.1. The first-order valence-electron chi connectivity index (χ1n) is 5.67. The molecule has 0 bridgehead atoms. The summed E-state index contributed by atoms with van der Waals surface area (Å²) < 4.78 is 32.8. The van der Waals surface area contributed by atoms with Crippen molar-refractivity contribution in [2.45, 2.75) is 6.61 Å². The summed E-state index contributed by atoms with van der Waals surface area (Å²) in [6.45, 7) is -0.175. The van der Waals surface area contributed by atoms with Crippen LogP contribution in [0.25, 0.3) is 0 Å². The summed E-state index contributed by atoms with van der Waals surface area (Å²) in [4.78, 5) is 10.7. The number of carbonyl (C=O) groups is 1. The lowest BCUT2D eigenvalue weighted by Crippen LogP contribution is -2.03. The second-order valence-corrected chi connectivity index (χ2v) is 5.36. The molecule has 110 valence electrons. The number of aromatic carboxylic acids is 1. The van der Waals surface area contributed by atoms with E-state index in [0.717, 1.165) is 12.1 Å². The molecule has 21 heavy (non-hydrogen) atoms. The molecule has 2 aromatic rings. The van der Waals surface area contributed by atoms with Crippen molar-refractivity contribution < 1.29 is 23.4 Å². The second kappa shape index (κ2) is 6.41. The predicted molar refractivity (Wildman–Crippen MR) is 76.8 cm³/mol. The van der Waals surface area contributed by atoms with Crippen molar-refractivity contribution in [3.63, 3.8) is 0 Å². The Balaban J connectivity index is 2.17. The molecule has 0 saturated carbocycles. The largest absolute Gasteiger partial charge is 0.488 e. The zero-order chi connectivity index (χ0) is 15.6. The standard InChI is InChI=1S/C14H8BrClF2O3/c15-9-4-10(16)12(18)5-13(9)21-6-8-2-1-7(14(19)20)3-11(8)17/h1-5H,6H2,(H,19,20). The van der Waals surface area contributed by atoms with Gasteiger partial charge in [0.25, 0.3) is 0 Å². The summed E-state index contributed by atoms with van der Waals surface area (Å²) in [7, 11) is 0. The summed E-state index contributed by atoms with van der Waals surface area (Å²) in [5.74, 6) is -2.42. The van der Waals surface area contributed by atoms with Crippen LogP contribution in [0.5, 0.6) is 5.75 Å². The molecule has 0 aliphatic heterocycles. The summed E-state index contributed by atoms with van der Waals surface area (Å²) >= 11 is 8.76. The number of ether oxygens (including phenoxy) is 1. The van der Waals surface area contributed by atoms with Gasteiger partial charge in [0.15, 0.2) is 0 Å². The fraction of sp³-hybridized carbons (Fsp3) is 0.0714. The van der Waals surface area contributed by atoms with E-state index in [0.29, 0.717) is 4.47 Å². The molecule has 0 aliphatic carbocycles. The van der Waals surface area contributed by atoms with Gasteiger partial charge >= 0.3 is 5.97 Å². The van der Waals surface area contributed by atoms with E-state index in [4.69, 9.17) is 21.4 Å². The summed E-state index contributed by atoms with van der Waals surface area (Å²) in [5.41, 5.74) is -0.00257. The highest BCUT2D eigenvalue weighted by Crippen LogP contribution is 2.31. The minimum atomic E-state index is -1.22. The molecule has 7 heteroatoms. The van der Waals surface area contributed by atoms with Crippen molar-refractivity contribution in [3.05, 3.63) is 62.6 Å². The normalized spacial score (nSPS) is 10.5. The van der Waals surface area contributed by atoms with Gasteiger partial charge in [-0.15, -0.1) is 0 Å². The Morgan fingerprint density at radius 1 is 1.24 bits per heavy atom. The third-order valence-electron chi connectivity index (χ3n) is 2.66. The summed E-state index contributed by atoms with van der Waals surface area (Å²) in [5, 5.41) is 8.68.